The fourth-order valence-corrected chi connectivity index (χ4v) is 10.9. The van der Waals surface area contributed by atoms with Crippen LogP contribution < -0.4 is 4.90 Å². The van der Waals surface area contributed by atoms with Crippen molar-refractivity contribution in [2.45, 2.75) is 24.7 Å². The predicted molar refractivity (Wildman–Crippen MR) is 256 cm³/mol. The van der Waals surface area contributed by atoms with Crippen molar-refractivity contribution in [3.63, 3.8) is 0 Å². The van der Waals surface area contributed by atoms with Gasteiger partial charge in [0.2, 0.25) is 0 Å². The lowest BCUT2D eigenvalue weighted by Gasteiger charge is -2.34. The van der Waals surface area contributed by atoms with Gasteiger partial charge in [0.25, 0.3) is 0 Å². The Balaban J connectivity index is 1.03. The van der Waals surface area contributed by atoms with Crippen LogP contribution in [0.15, 0.2) is 224 Å². The van der Waals surface area contributed by atoms with Crippen LogP contribution in [0.25, 0.3) is 54.9 Å². The highest BCUT2D eigenvalue weighted by Crippen LogP contribution is 2.57. The first-order chi connectivity index (χ1) is 30.0. The SMILES string of the molecule is CC1(C)c2ccccc2-c2ccc(N(c3ccc(-c4ccc5c(ccc6ccccc65)c4)cc3)c3ccc4c(c3)-c3ccccc3C4(c3ccccc3)c3ccccc3)cc21. The van der Waals surface area contributed by atoms with E-state index >= 15 is 0 Å². The van der Waals surface area contributed by atoms with Crippen molar-refractivity contribution in [1.29, 1.82) is 0 Å². The summed E-state index contributed by atoms with van der Waals surface area (Å²) in [6, 6.07) is 83.5. The van der Waals surface area contributed by atoms with E-state index in [1.165, 1.54) is 88.3 Å². The van der Waals surface area contributed by atoms with Crippen molar-refractivity contribution in [2.75, 3.05) is 4.90 Å². The van der Waals surface area contributed by atoms with Gasteiger partial charge in [-0.2, -0.15) is 0 Å². The minimum atomic E-state index is -0.449. The Morgan fingerprint density at radius 2 is 0.836 bits per heavy atom. The van der Waals surface area contributed by atoms with Gasteiger partial charge in [0.1, 0.15) is 0 Å². The Labute approximate surface area is 357 Å². The zero-order valence-electron chi connectivity index (χ0n) is 34.3. The van der Waals surface area contributed by atoms with E-state index in [9.17, 15) is 0 Å². The van der Waals surface area contributed by atoms with Crippen molar-refractivity contribution in [2.24, 2.45) is 0 Å². The maximum Gasteiger partial charge on any atom is 0.0713 e. The molecule has 0 atom stereocenters. The molecule has 0 heterocycles. The molecule has 0 radical (unpaired) electrons. The number of hydrogen-bond acceptors (Lipinski definition) is 1. The molecule has 0 spiro atoms. The molecule has 0 saturated carbocycles. The lowest BCUT2D eigenvalue weighted by Crippen LogP contribution is -2.28. The Kier molecular flexibility index (Phi) is 7.86. The number of hydrogen-bond donors (Lipinski definition) is 0. The van der Waals surface area contributed by atoms with Crippen LogP contribution in [0.2, 0.25) is 0 Å². The van der Waals surface area contributed by atoms with Gasteiger partial charge in [-0.3, -0.25) is 0 Å². The van der Waals surface area contributed by atoms with Gasteiger partial charge in [-0.25, -0.2) is 0 Å². The fourth-order valence-electron chi connectivity index (χ4n) is 10.9. The molecule has 0 amide bonds. The van der Waals surface area contributed by atoms with Crippen molar-refractivity contribution in [3.05, 3.63) is 258 Å². The Morgan fingerprint density at radius 3 is 1.59 bits per heavy atom. The van der Waals surface area contributed by atoms with E-state index in [4.69, 9.17) is 0 Å². The number of benzene rings is 10. The van der Waals surface area contributed by atoms with Gasteiger partial charge in [-0.15, -0.1) is 0 Å². The summed E-state index contributed by atoms with van der Waals surface area (Å²) in [6.45, 7) is 4.73. The average molecular weight is 778 g/mol. The summed E-state index contributed by atoms with van der Waals surface area (Å²) in [5.41, 5.74) is 18.3. The second-order valence-corrected chi connectivity index (χ2v) is 17.3. The van der Waals surface area contributed by atoms with Gasteiger partial charge < -0.3 is 4.90 Å². The molecule has 0 bridgehead atoms. The summed E-state index contributed by atoms with van der Waals surface area (Å²) >= 11 is 0. The van der Waals surface area contributed by atoms with Crippen LogP contribution in [0, 0.1) is 0 Å². The highest BCUT2D eigenvalue weighted by molar-refractivity contribution is 6.08. The minimum absolute atomic E-state index is 0.124. The molecule has 61 heavy (non-hydrogen) atoms. The minimum Gasteiger partial charge on any atom is -0.310 e. The molecule has 2 aliphatic carbocycles. The number of fused-ring (bicyclic) bond motifs is 9. The molecule has 0 aliphatic heterocycles. The van der Waals surface area contributed by atoms with Crippen LogP contribution >= 0.6 is 0 Å². The van der Waals surface area contributed by atoms with Gasteiger partial charge in [-0.05, 0) is 131 Å². The van der Waals surface area contributed by atoms with Gasteiger partial charge in [0, 0.05) is 22.5 Å². The summed E-state index contributed by atoms with van der Waals surface area (Å²) < 4.78 is 0. The van der Waals surface area contributed by atoms with E-state index in [1.807, 2.05) is 0 Å². The molecule has 1 nitrogen and oxygen atoms in total. The molecular formula is C60H43N. The Bertz CT molecular complexity index is 3280. The zero-order chi connectivity index (χ0) is 40.7. The first-order valence-electron chi connectivity index (χ1n) is 21.4. The molecule has 1 heteroatoms. The Morgan fingerprint density at radius 1 is 0.311 bits per heavy atom. The van der Waals surface area contributed by atoms with E-state index < -0.39 is 5.41 Å². The second kappa shape index (κ2) is 13.5. The summed E-state index contributed by atoms with van der Waals surface area (Å²) in [7, 11) is 0. The third kappa shape index (κ3) is 5.27. The van der Waals surface area contributed by atoms with E-state index in [0.717, 1.165) is 17.1 Å². The standard InChI is InChI=1S/C60H43N/c1-59(2)55-23-13-11-21-51(55)53-35-32-48(39-58(53)59)61(46-30-27-40(28-31-46)42-29-34-50-43(37-42)26-25-41-15-9-10-20-49(41)50)47-33-36-57-54(38-47)52-22-12-14-24-56(52)60(57,44-16-5-3-6-17-44)45-18-7-4-8-19-45/h3-39H,1-2H3. The normalized spacial score (nSPS) is 14.0. The maximum atomic E-state index is 2.46. The van der Waals surface area contributed by atoms with E-state index in [0.29, 0.717) is 0 Å². The van der Waals surface area contributed by atoms with Gasteiger partial charge >= 0.3 is 0 Å². The zero-order valence-corrected chi connectivity index (χ0v) is 34.3. The molecule has 0 unspecified atom stereocenters. The fraction of sp³-hybridized carbons (Fsp3) is 0.0667. The highest BCUT2D eigenvalue weighted by Gasteiger charge is 2.46. The first kappa shape index (κ1) is 35.5. The third-order valence-corrected chi connectivity index (χ3v) is 13.7. The van der Waals surface area contributed by atoms with Crippen LogP contribution in [0.5, 0.6) is 0 Å². The third-order valence-electron chi connectivity index (χ3n) is 13.7. The lowest BCUT2D eigenvalue weighted by molar-refractivity contribution is 0.660. The number of nitrogens with zero attached hydrogens (tertiary/aromatic N) is 1. The molecule has 0 fully saturated rings. The number of anilines is 3. The van der Waals surface area contributed by atoms with E-state index in [-0.39, 0.29) is 5.41 Å². The van der Waals surface area contributed by atoms with Crippen molar-refractivity contribution < 1.29 is 0 Å². The lowest BCUT2D eigenvalue weighted by atomic mass is 9.68. The monoisotopic (exact) mass is 777 g/mol. The number of rotatable bonds is 6. The second-order valence-electron chi connectivity index (χ2n) is 17.3. The smallest absolute Gasteiger partial charge is 0.0713 e. The Hall–Kier alpha value is -7.48. The summed E-state index contributed by atoms with van der Waals surface area (Å²) in [4.78, 5) is 2.46. The molecule has 10 aromatic rings. The average Bonchev–Trinajstić information content (AvgIpc) is 3.75. The molecule has 0 saturated heterocycles. The maximum absolute atomic E-state index is 2.46. The highest BCUT2D eigenvalue weighted by atomic mass is 15.1. The van der Waals surface area contributed by atoms with Crippen molar-refractivity contribution in [1.82, 2.24) is 0 Å². The van der Waals surface area contributed by atoms with Crippen LogP contribution in [-0.4, -0.2) is 0 Å². The van der Waals surface area contributed by atoms with E-state index in [2.05, 4.69) is 243 Å². The van der Waals surface area contributed by atoms with Gasteiger partial charge in [0.15, 0.2) is 0 Å². The summed E-state index contributed by atoms with van der Waals surface area (Å²) in [5.74, 6) is 0. The van der Waals surface area contributed by atoms with Crippen LogP contribution in [0.3, 0.4) is 0 Å². The predicted octanol–water partition coefficient (Wildman–Crippen LogP) is 15.8. The van der Waals surface area contributed by atoms with E-state index in [1.54, 1.807) is 0 Å². The van der Waals surface area contributed by atoms with Crippen LogP contribution in [-0.2, 0) is 10.8 Å². The quantitative estimate of drug-likeness (QED) is 0.152. The molecule has 2 aliphatic rings. The van der Waals surface area contributed by atoms with Gasteiger partial charge in [-0.1, -0.05) is 196 Å². The summed E-state index contributed by atoms with van der Waals surface area (Å²) in [6.07, 6.45) is 0. The van der Waals surface area contributed by atoms with Crippen molar-refractivity contribution >= 4 is 38.6 Å². The van der Waals surface area contributed by atoms with Crippen LogP contribution in [0.4, 0.5) is 17.1 Å². The molecule has 0 aromatic heterocycles. The molecule has 12 rings (SSSR count). The molecular weight excluding hydrogens is 735 g/mol. The largest absolute Gasteiger partial charge is 0.310 e. The molecule has 288 valence electrons. The topological polar surface area (TPSA) is 3.24 Å². The van der Waals surface area contributed by atoms with Crippen LogP contribution in [0.1, 0.15) is 47.2 Å². The van der Waals surface area contributed by atoms with Crippen molar-refractivity contribution in [3.8, 4) is 33.4 Å². The first-order valence-corrected chi connectivity index (χ1v) is 21.4. The van der Waals surface area contributed by atoms with Gasteiger partial charge in [0.05, 0.1) is 5.41 Å². The molecule has 10 aromatic carbocycles. The summed E-state index contributed by atoms with van der Waals surface area (Å²) in [5, 5.41) is 5.10. The molecule has 0 N–H and O–H groups in total.